The molecular formula is C31H21Cl3N6. The lowest BCUT2D eigenvalue weighted by molar-refractivity contribution is 0.815. The highest BCUT2D eigenvalue weighted by atomic mass is 35.5. The van der Waals surface area contributed by atoms with Crippen molar-refractivity contribution in [3.05, 3.63) is 129 Å². The summed E-state index contributed by atoms with van der Waals surface area (Å²) in [5.74, 6) is 2.00. The summed E-state index contributed by atoms with van der Waals surface area (Å²) < 4.78 is 1.89. The SMILES string of the molecule is Cc1nn(-c2ccccc2)c2c1C(c1ccc(Cl)c(Cl)c1)N1C(=N2)C(Nc2ccc(Cl)cc2)=Nc2ccccc21. The van der Waals surface area contributed by atoms with Gasteiger partial charge in [0.15, 0.2) is 17.5 Å². The summed E-state index contributed by atoms with van der Waals surface area (Å²) in [5, 5.41) is 10.1. The second-order valence-electron chi connectivity index (χ2n) is 9.53. The van der Waals surface area contributed by atoms with Crippen molar-refractivity contribution < 1.29 is 0 Å². The van der Waals surface area contributed by atoms with E-state index in [0.717, 1.165) is 45.4 Å². The Balaban J connectivity index is 1.50. The summed E-state index contributed by atoms with van der Waals surface area (Å²) in [6, 6.07) is 31.0. The van der Waals surface area contributed by atoms with E-state index in [2.05, 4.69) is 16.3 Å². The molecule has 2 aliphatic rings. The molecule has 1 atom stereocenters. The molecule has 2 aliphatic heterocycles. The minimum Gasteiger partial charge on any atom is -0.337 e. The molecule has 3 heterocycles. The van der Waals surface area contributed by atoms with Crippen molar-refractivity contribution in [2.75, 3.05) is 10.2 Å². The van der Waals surface area contributed by atoms with Gasteiger partial charge < -0.3 is 10.2 Å². The zero-order chi connectivity index (χ0) is 27.4. The Morgan fingerprint density at radius 3 is 2.30 bits per heavy atom. The minimum absolute atomic E-state index is 0.298. The first-order chi connectivity index (χ1) is 19.5. The standard InChI is InChI=1S/C31H21Cl3N6/c1-18-27-28(19-11-16-23(33)24(34)17-19)39-26-10-6-5-9-25(26)36-29(35-21-14-12-20(32)13-15-21)31(39)37-30(27)40(38-18)22-7-3-2-4-8-22/h2-17,28H,1H3,(H,35,36). The van der Waals surface area contributed by atoms with Crippen LogP contribution < -0.4 is 10.2 Å². The number of benzene rings is 4. The molecule has 0 spiro atoms. The molecule has 0 fully saturated rings. The summed E-state index contributed by atoms with van der Waals surface area (Å²) in [5.41, 5.74) is 6.31. The first kappa shape index (κ1) is 24.9. The van der Waals surface area contributed by atoms with Crippen LogP contribution in [0.15, 0.2) is 107 Å². The summed E-state index contributed by atoms with van der Waals surface area (Å²) in [6.07, 6.45) is 0. The fraction of sp³-hybridized carbons (Fsp3) is 0.0645. The molecular weight excluding hydrogens is 563 g/mol. The molecule has 40 heavy (non-hydrogen) atoms. The number of rotatable bonds is 3. The van der Waals surface area contributed by atoms with E-state index < -0.39 is 0 Å². The predicted molar refractivity (Wildman–Crippen MR) is 165 cm³/mol. The van der Waals surface area contributed by atoms with Crippen LogP contribution >= 0.6 is 34.8 Å². The van der Waals surface area contributed by atoms with E-state index in [1.807, 2.05) is 103 Å². The quantitative estimate of drug-likeness (QED) is 0.231. The number of aliphatic imine (C=N–C) groups is 2. The van der Waals surface area contributed by atoms with Crippen molar-refractivity contribution in [1.82, 2.24) is 9.78 Å². The number of nitrogens with one attached hydrogen (secondary N) is 1. The average Bonchev–Trinajstić information content (AvgIpc) is 3.31. The molecule has 0 bridgehead atoms. The highest BCUT2D eigenvalue weighted by molar-refractivity contribution is 6.51. The van der Waals surface area contributed by atoms with Crippen molar-refractivity contribution in [1.29, 1.82) is 0 Å². The molecule has 9 heteroatoms. The van der Waals surface area contributed by atoms with Crippen molar-refractivity contribution in [2.24, 2.45) is 9.98 Å². The second-order valence-corrected chi connectivity index (χ2v) is 10.8. The molecule has 1 N–H and O–H groups in total. The van der Waals surface area contributed by atoms with Crippen LogP contribution in [0.3, 0.4) is 0 Å². The molecule has 196 valence electrons. The van der Waals surface area contributed by atoms with E-state index in [4.69, 9.17) is 49.9 Å². The van der Waals surface area contributed by atoms with Crippen molar-refractivity contribution in [3.63, 3.8) is 0 Å². The zero-order valence-corrected chi connectivity index (χ0v) is 23.5. The first-order valence-electron chi connectivity index (χ1n) is 12.7. The van der Waals surface area contributed by atoms with Crippen LogP contribution in [0.5, 0.6) is 0 Å². The van der Waals surface area contributed by atoms with Crippen molar-refractivity contribution >= 4 is 69.4 Å². The normalized spacial score (nSPS) is 15.5. The van der Waals surface area contributed by atoms with Gasteiger partial charge in [-0.05, 0) is 73.2 Å². The van der Waals surface area contributed by atoms with E-state index in [1.54, 1.807) is 0 Å². The topological polar surface area (TPSA) is 57.8 Å². The third-order valence-electron chi connectivity index (χ3n) is 7.01. The predicted octanol–water partition coefficient (Wildman–Crippen LogP) is 8.94. The fourth-order valence-electron chi connectivity index (χ4n) is 5.21. The van der Waals surface area contributed by atoms with E-state index in [-0.39, 0.29) is 6.04 Å². The molecule has 1 unspecified atom stereocenters. The molecule has 0 saturated heterocycles. The fourth-order valence-corrected chi connectivity index (χ4v) is 5.65. The van der Waals surface area contributed by atoms with Gasteiger partial charge in [0.1, 0.15) is 0 Å². The largest absolute Gasteiger partial charge is 0.337 e. The molecule has 6 nitrogen and oxygen atoms in total. The maximum absolute atomic E-state index is 6.58. The Labute approximate surface area is 246 Å². The Hall–Kier alpha value is -4.10. The third-order valence-corrected chi connectivity index (χ3v) is 8.00. The molecule has 1 aromatic heterocycles. The van der Waals surface area contributed by atoms with Crippen LogP contribution in [0, 0.1) is 6.92 Å². The van der Waals surface area contributed by atoms with Crippen molar-refractivity contribution in [2.45, 2.75) is 13.0 Å². The zero-order valence-electron chi connectivity index (χ0n) is 21.2. The van der Waals surface area contributed by atoms with Crippen molar-refractivity contribution in [3.8, 4) is 5.69 Å². The lowest BCUT2D eigenvalue weighted by Crippen LogP contribution is -2.46. The van der Waals surface area contributed by atoms with Crippen LogP contribution in [-0.2, 0) is 0 Å². The summed E-state index contributed by atoms with van der Waals surface area (Å²) in [6.45, 7) is 2.01. The molecule has 0 aliphatic carbocycles. The number of halogens is 3. The number of hydrogen-bond donors (Lipinski definition) is 1. The Bertz CT molecular complexity index is 1830. The summed E-state index contributed by atoms with van der Waals surface area (Å²) in [7, 11) is 0. The molecule has 7 rings (SSSR count). The number of aryl methyl sites for hydroxylation is 1. The summed E-state index contributed by atoms with van der Waals surface area (Å²) in [4.78, 5) is 12.5. The second kappa shape index (κ2) is 9.82. The van der Waals surface area contributed by atoms with Gasteiger partial charge >= 0.3 is 0 Å². The van der Waals surface area contributed by atoms with Gasteiger partial charge in [-0.25, -0.2) is 14.7 Å². The maximum Gasteiger partial charge on any atom is 0.179 e. The van der Waals surface area contributed by atoms with Gasteiger partial charge in [-0.15, -0.1) is 0 Å². The number of amidine groups is 2. The van der Waals surface area contributed by atoms with Gasteiger partial charge in [-0.3, -0.25) is 0 Å². The smallest absolute Gasteiger partial charge is 0.179 e. The van der Waals surface area contributed by atoms with Crippen LogP contribution in [0.2, 0.25) is 15.1 Å². The molecule has 0 radical (unpaired) electrons. The Morgan fingerprint density at radius 2 is 1.52 bits per heavy atom. The number of fused-ring (bicyclic) bond motifs is 4. The number of aromatic nitrogens is 2. The number of anilines is 2. The lowest BCUT2D eigenvalue weighted by Gasteiger charge is -2.40. The van der Waals surface area contributed by atoms with E-state index in [0.29, 0.717) is 26.7 Å². The van der Waals surface area contributed by atoms with E-state index >= 15 is 0 Å². The van der Waals surface area contributed by atoms with Crippen LogP contribution in [-0.4, -0.2) is 21.5 Å². The third kappa shape index (κ3) is 4.16. The van der Waals surface area contributed by atoms with Gasteiger partial charge in [-0.2, -0.15) is 5.10 Å². The van der Waals surface area contributed by atoms with E-state index in [1.165, 1.54) is 0 Å². The van der Waals surface area contributed by atoms with Gasteiger partial charge in [-0.1, -0.05) is 71.2 Å². The maximum atomic E-state index is 6.58. The van der Waals surface area contributed by atoms with Gasteiger partial charge in [0.2, 0.25) is 0 Å². The monoisotopic (exact) mass is 582 g/mol. The van der Waals surface area contributed by atoms with Gasteiger partial charge in [0.05, 0.1) is 38.8 Å². The molecule has 0 saturated carbocycles. The van der Waals surface area contributed by atoms with Crippen LogP contribution in [0.1, 0.15) is 22.9 Å². The van der Waals surface area contributed by atoms with E-state index in [9.17, 15) is 0 Å². The van der Waals surface area contributed by atoms with Crippen LogP contribution in [0.25, 0.3) is 5.69 Å². The minimum atomic E-state index is -0.298. The highest BCUT2D eigenvalue weighted by Gasteiger charge is 2.41. The number of para-hydroxylation sites is 3. The molecule has 0 amide bonds. The Kier molecular flexibility index (Phi) is 6.12. The number of nitrogens with zero attached hydrogens (tertiary/aromatic N) is 5. The van der Waals surface area contributed by atoms with Gasteiger partial charge in [0.25, 0.3) is 0 Å². The lowest BCUT2D eigenvalue weighted by atomic mass is 9.93. The highest BCUT2D eigenvalue weighted by Crippen LogP contribution is 2.48. The first-order valence-corrected chi connectivity index (χ1v) is 13.8. The molecule has 4 aromatic carbocycles. The summed E-state index contributed by atoms with van der Waals surface area (Å²) >= 11 is 19.1. The number of hydrogen-bond acceptors (Lipinski definition) is 5. The van der Waals surface area contributed by atoms with Gasteiger partial charge in [0, 0.05) is 16.3 Å². The average molecular weight is 584 g/mol. The van der Waals surface area contributed by atoms with Crippen LogP contribution in [0.4, 0.5) is 22.9 Å². The molecule has 5 aromatic rings. The Morgan fingerprint density at radius 1 is 0.775 bits per heavy atom.